The van der Waals surface area contributed by atoms with Gasteiger partial charge in [-0.15, -0.1) is 0 Å². The molecule has 2 aromatic rings. The van der Waals surface area contributed by atoms with Crippen molar-refractivity contribution in [2.45, 2.75) is 40.3 Å². The minimum absolute atomic E-state index is 0.0232. The predicted octanol–water partition coefficient (Wildman–Crippen LogP) is 2.97. The van der Waals surface area contributed by atoms with Gasteiger partial charge in [0.05, 0.1) is 25.2 Å². The zero-order valence-corrected chi connectivity index (χ0v) is 12.7. The van der Waals surface area contributed by atoms with Gasteiger partial charge in [-0.25, -0.2) is 4.98 Å². The monoisotopic (exact) mass is 273 g/mol. The highest BCUT2D eigenvalue weighted by atomic mass is 16.5. The van der Waals surface area contributed by atoms with E-state index in [4.69, 9.17) is 10.5 Å². The number of nitrogens with two attached hydrogens (primary N) is 1. The van der Waals surface area contributed by atoms with Crippen LogP contribution in [0.3, 0.4) is 0 Å². The Hall–Kier alpha value is -1.81. The molecule has 0 amide bonds. The number of imidazole rings is 1. The van der Waals surface area contributed by atoms with Gasteiger partial charge in [-0.3, -0.25) is 0 Å². The van der Waals surface area contributed by atoms with Crippen LogP contribution in [-0.2, 0) is 6.54 Å². The summed E-state index contributed by atoms with van der Waals surface area (Å²) in [7, 11) is 0. The normalized spacial score (nSPS) is 12.4. The minimum Gasteiger partial charge on any atom is -0.494 e. The summed E-state index contributed by atoms with van der Waals surface area (Å²) in [4.78, 5) is 4.34. The van der Waals surface area contributed by atoms with E-state index in [1.807, 2.05) is 39.2 Å². The second-order valence-electron chi connectivity index (χ2n) is 5.13. The van der Waals surface area contributed by atoms with E-state index in [1.165, 1.54) is 5.69 Å². The first-order chi connectivity index (χ1) is 9.52. The molecule has 1 atom stereocenters. The Balaban J connectivity index is 2.36. The van der Waals surface area contributed by atoms with Gasteiger partial charge >= 0.3 is 0 Å². The molecule has 1 aromatic heterocycles. The summed E-state index contributed by atoms with van der Waals surface area (Å²) in [5.74, 6) is 0.919. The van der Waals surface area contributed by atoms with Crippen LogP contribution in [0.25, 0.3) is 0 Å². The minimum atomic E-state index is 0.0232. The van der Waals surface area contributed by atoms with Crippen molar-refractivity contribution >= 4 is 0 Å². The van der Waals surface area contributed by atoms with E-state index >= 15 is 0 Å². The van der Waals surface area contributed by atoms with Crippen LogP contribution in [-0.4, -0.2) is 16.2 Å². The Morgan fingerprint density at radius 3 is 2.65 bits per heavy atom. The van der Waals surface area contributed by atoms with Crippen molar-refractivity contribution in [3.05, 3.63) is 47.0 Å². The fraction of sp³-hybridized carbons (Fsp3) is 0.438. The molecule has 20 heavy (non-hydrogen) atoms. The van der Waals surface area contributed by atoms with Crippen molar-refractivity contribution in [3.63, 3.8) is 0 Å². The highest BCUT2D eigenvalue weighted by Crippen LogP contribution is 2.24. The highest BCUT2D eigenvalue weighted by molar-refractivity contribution is 5.39. The lowest BCUT2D eigenvalue weighted by Crippen LogP contribution is -2.09. The lowest BCUT2D eigenvalue weighted by Gasteiger charge is -2.15. The summed E-state index contributed by atoms with van der Waals surface area (Å²) in [6.07, 6.45) is 1.87. The Labute approximate surface area is 120 Å². The van der Waals surface area contributed by atoms with E-state index in [1.54, 1.807) is 0 Å². The smallest absolute Gasteiger partial charge is 0.124 e. The first-order valence-corrected chi connectivity index (χ1v) is 7.02. The Morgan fingerprint density at radius 1 is 1.35 bits per heavy atom. The fourth-order valence-electron chi connectivity index (χ4n) is 2.19. The van der Waals surface area contributed by atoms with Crippen LogP contribution in [0, 0.1) is 13.8 Å². The van der Waals surface area contributed by atoms with Gasteiger partial charge in [0, 0.05) is 17.3 Å². The number of ether oxygens (including phenoxy) is 1. The quantitative estimate of drug-likeness (QED) is 0.911. The molecule has 1 heterocycles. The summed E-state index contributed by atoms with van der Waals surface area (Å²) >= 11 is 0. The lowest BCUT2D eigenvalue weighted by molar-refractivity contribution is 0.335. The van der Waals surface area contributed by atoms with E-state index in [0.717, 1.165) is 29.1 Å². The molecule has 0 aliphatic carbocycles. The van der Waals surface area contributed by atoms with Crippen LogP contribution in [0.1, 0.15) is 42.4 Å². The molecule has 2 N–H and O–H groups in total. The van der Waals surface area contributed by atoms with Crippen molar-refractivity contribution in [3.8, 4) is 5.75 Å². The number of benzene rings is 1. The van der Waals surface area contributed by atoms with Crippen LogP contribution >= 0.6 is 0 Å². The summed E-state index contributed by atoms with van der Waals surface area (Å²) in [6.45, 7) is 9.50. The summed E-state index contributed by atoms with van der Waals surface area (Å²) in [6, 6.07) is 6.20. The van der Waals surface area contributed by atoms with Crippen LogP contribution in [0.4, 0.5) is 0 Å². The van der Waals surface area contributed by atoms with Gasteiger partial charge < -0.3 is 15.0 Å². The SMILES string of the molecule is CCOc1ccc(C(C)N)cc1Cn1cnc(C)c1C. The molecule has 4 heteroatoms. The topological polar surface area (TPSA) is 53.1 Å². The number of hydrogen-bond acceptors (Lipinski definition) is 3. The number of aromatic nitrogens is 2. The van der Waals surface area contributed by atoms with E-state index in [0.29, 0.717) is 6.61 Å². The standard InChI is InChI=1S/C16H23N3O/c1-5-20-16-7-6-14(11(2)17)8-15(16)9-19-10-18-12(3)13(19)4/h6-8,10-11H,5,9,17H2,1-4H3. The van der Waals surface area contributed by atoms with Crippen LogP contribution in [0.2, 0.25) is 0 Å². The molecule has 0 fully saturated rings. The van der Waals surface area contributed by atoms with Crippen LogP contribution in [0.5, 0.6) is 5.75 Å². The molecule has 1 unspecified atom stereocenters. The Kier molecular flexibility index (Phi) is 4.45. The van der Waals surface area contributed by atoms with E-state index < -0.39 is 0 Å². The largest absolute Gasteiger partial charge is 0.494 e. The maximum absolute atomic E-state index is 5.97. The van der Waals surface area contributed by atoms with E-state index in [2.05, 4.69) is 22.5 Å². The molecule has 0 radical (unpaired) electrons. The van der Waals surface area contributed by atoms with Crippen LogP contribution in [0.15, 0.2) is 24.5 Å². The summed E-state index contributed by atoms with van der Waals surface area (Å²) in [5.41, 5.74) is 10.5. The van der Waals surface area contributed by atoms with Crippen molar-refractivity contribution in [2.24, 2.45) is 5.73 Å². The lowest BCUT2D eigenvalue weighted by atomic mass is 10.0. The zero-order valence-electron chi connectivity index (χ0n) is 12.7. The average Bonchev–Trinajstić information content (AvgIpc) is 2.73. The maximum Gasteiger partial charge on any atom is 0.124 e. The van der Waals surface area contributed by atoms with Crippen LogP contribution < -0.4 is 10.5 Å². The van der Waals surface area contributed by atoms with Gasteiger partial charge in [-0.1, -0.05) is 6.07 Å². The van der Waals surface area contributed by atoms with Gasteiger partial charge in [0.25, 0.3) is 0 Å². The summed E-state index contributed by atoms with van der Waals surface area (Å²) < 4.78 is 7.85. The first kappa shape index (κ1) is 14.6. The van der Waals surface area contributed by atoms with E-state index in [9.17, 15) is 0 Å². The molecule has 0 aliphatic heterocycles. The molecule has 0 spiro atoms. The molecule has 2 rings (SSSR count). The highest BCUT2D eigenvalue weighted by Gasteiger charge is 2.10. The second-order valence-corrected chi connectivity index (χ2v) is 5.13. The first-order valence-electron chi connectivity index (χ1n) is 7.02. The molecule has 1 aromatic carbocycles. The van der Waals surface area contributed by atoms with Crippen molar-refractivity contribution < 1.29 is 4.74 Å². The molecule has 0 saturated heterocycles. The van der Waals surface area contributed by atoms with Gasteiger partial charge in [-0.05, 0) is 45.4 Å². The molecule has 0 aliphatic rings. The van der Waals surface area contributed by atoms with Crippen molar-refractivity contribution in [1.82, 2.24) is 9.55 Å². The van der Waals surface area contributed by atoms with Crippen molar-refractivity contribution in [1.29, 1.82) is 0 Å². The van der Waals surface area contributed by atoms with Gasteiger partial charge in [0.2, 0.25) is 0 Å². The molecular formula is C16H23N3O. The number of nitrogens with zero attached hydrogens (tertiary/aromatic N) is 2. The Morgan fingerprint density at radius 2 is 2.10 bits per heavy atom. The van der Waals surface area contributed by atoms with Gasteiger partial charge in [0.15, 0.2) is 0 Å². The third kappa shape index (κ3) is 3.02. The molecule has 0 saturated carbocycles. The number of aryl methyl sites for hydroxylation is 1. The van der Waals surface area contributed by atoms with Crippen molar-refractivity contribution in [2.75, 3.05) is 6.61 Å². The molecule has 108 valence electrons. The second kappa shape index (κ2) is 6.09. The number of hydrogen-bond donors (Lipinski definition) is 1. The number of rotatable bonds is 5. The predicted molar refractivity (Wildman–Crippen MR) is 81.0 cm³/mol. The zero-order chi connectivity index (χ0) is 14.7. The van der Waals surface area contributed by atoms with Gasteiger partial charge in [0.1, 0.15) is 5.75 Å². The molecule has 4 nitrogen and oxygen atoms in total. The maximum atomic E-state index is 5.97. The molecular weight excluding hydrogens is 250 g/mol. The molecule has 0 bridgehead atoms. The fourth-order valence-corrected chi connectivity index (χ4v) is 2.19. The van der Waals surface area contributed by atoms with Gasteiger partial charge in [-0.2, -0.15) is 0 Å². The third-order valence-electron chi connectivity index (χ3n) is 3.60. The summed E-state index contributed by atoms with van der Waals surface area (Å²) in [5, 5.41) is 0. The Bertz CT molecular complexity index is 587. The third-order valence-corrected chi connectivity index (χ3v) is 3.60. The average molecular weight is 273 g/mol. The van der Waals surface area contributed by atoms with E-state index in [-0.39, 0.29) is 6.04 Å².